The molecule has 35 heavy (non-hydrogen) atoms. The molecular weight excluding hydrogens is 477 g/mol. The number of nitrogens with zero attached hydrogens (tertiary/aromatic N) is 1. The highest BCUT2D eigenvalue weighted by atomic mass is 19.4. The zero-order valence-corrected chi connectivity index (χ0v) is 18.1. The average Bonchev–Trinajstić information content (AvgIpc) is 2.82. The van der Waals surface area contributed by atoms with Crippen LogP contribution in [-0.2, 0) is 20.9 Å². The Balaban J connectivity index is 1.54. The molecule has 2 aromatic rings. The summed E-state index contributed by atoms with van der Waals surface area (Å²) in [6, 6.07) is 9.42. The topological polar surface area (TPSA) is 79.9 Å². The van der Waals surface area contributed by atoms with E-state index in [1.54, 1.807) is 24.3 Å². The number of fused-ring (bicyclic) bond motifs is 1. The second kappa shape index (κ2) is 9.90. The molecule has 2 N–H and O–H groups in total. The van der Waals surface area contributed by atoms with Crippen molar-refractivity contribution in [3.63, 3.8) is 0 Å². The van der Waals surface area contributed by atoms with Gasteiger partial charge in [0.25, 0.3) is 5.91 Å². The zero-order chi connectivity index (χ0) is 25.2. The summed E-state index contributed by atoms with van der Waals surface area (Å²) in [6.45, 7) is 0.166. The number of esters is 1. The third-order valence-corrected chi connectivity index (χ3v) is 5.50. The molecule has 2 heterocycles. The minimum absolute atomic E-state index is 0.0372. The van der Waals surface area contributed by atoms with E-state index >= 15 is 0 Å². The molecule has 0 aliphatic carbocycles. The summed E-state index contributed by atoms with van der Waals surface area (Å²) in [5.41, 5.74) is 0.529. The fourth-order valence-electron chi connectivity index (χ4n) is 3.79. The van der Waals surface area contributed by atoms with E-state index in [9.17, 15) is 31.5 Å². The minimum Gasteiger partial charge on any atom is -0.452 e. The van der Waals surface area contributed by atoms with E-state index in [0.29, 0.717) is 12.2 Å². The summed E-state index contributed by atoms with van der Waals surface area (Å²) < 4.78 is 76.1. The molecule has 0 radical (unpaired) electrons. The number of ether oxygens (including phenoxy) is 2. The van der Waals surface area contributed by atoms with Gasteiger partial charge in [0.15, 0.2) is 17.4 Å². The van der Waals surface area contributed by atoms with Gasteiger partial charge in [-0.3, -0.25) is 4.79 Å². The van der Waals surface area contributed by atoms with Crippen molar-refractivity contribution in [1.82, 2.24) is 10.6 Å². The number of halogens is 5. The van der Waals surface area contributed by atoms with Gasteiger partial charge in [-0.2, -0.15) is 13.2 Å². The number of benzene rings is 2. The number of anilines is 1. The van der Waals surface area contributed by atoms with Gasteiger partial charge in [0.1, 0.15) is 6.10 Å². The molecule has 186 valence electrons. The lowest BCUT2D eigenvalue weighted by atomic mass is 10.0. The first-order valence-electron chi connectivity index (χ1n) is 10.6. The van der Waals surface area contributed by atoms with Gasteiger partial charge in [0.2, 0.25) is 5.76 Å². The van der Waals surface area contributed by atoms with E-state index in [1.165, 1.54) is 23.2 Å². The van der Waals surface area contributed by atoms with Gasteiger partial charge >= 0.3 is 12.1 Å². The Morgan fingerprint density at radius 1 is 1.14 bits per heavy atom. The predicted molar refractivity (Wildman–Crippen MR) is 113 cm³/mol. The Morgan fingerprint density at radius 3 is 2.69 bits per heavy atom. The van der Waals surface area contributed by atoms with Crippen LogP contribution in [-0.4, -0.2) is 43.3 Å². The molecule has 2 atom stereocenters. The molecule has 1 fully saturated rings. The number of nitrogens with one attached hydrogen (secondary N) is 2. The second-order valence-electron chi connectivity index (χ2n) is 7.92. The fraction of sp³-hybridized carbons (Fsp3) is 0.304. The maximum absolute atomic E-state index is 14.3. The number of carbonyl (C=O) groups excluding carboxylic acids is 2. The first-order valence-corrected chi connectivity index (χ1v) is 10.6. The van der Waals surface area contributed by atoms with Crippen LogP contribution in [0.25, 0.3) is 0 Å². The van der Waals surface area contributed by atoms with Crippen LogP contribution in [0.4, 0.5) is 27.6 Å². The zero-order valence-electron chi connectivity index (χ0n) is 18.1. The molecule has 2 aromatic carbocycles. The molecule has 4 rings (SSSR count). The normalized spacial score (nSPS) is 19.8. The number of alkyl halides is 3. The highest BCUT2D eigenvalue weighted by Gasteiger charge is 2.44. The van der Waals surface area contributed by atoms with Gasteiger partial charge in [0, 0.05) is 12.1 Å². The van der Waals surface area contributed by atoms with Crippen molar-refractivity contribution in [1.29, 1.82) is 0 Å². The standard InChI is InChI=1S/C23H20F5N3O4/c24-14-5-3-4-13(20(14)25)11-31-12-19(34-17-7-2-1-6-16(17)31)21(32)30-15-8-9-29-10-18(15)35-22(33)23(26,27)28/h1-7,12,15,18,29H,8-11H2,(H,30,32). The van der Waals surface area contributed by atoms with Crippen molar-refractivity contribution in [2.75, 3.05) is 18.0 Å². The van der Waals surface area contributed by atoms with Crippen molar-refractivity contribution in [2.24, 2.45) is 0 Å². The van der Waals surface area contributed by atoms with Gasteiger partial charge in [-0.05, 0) is 31.2 Å². The van der Waals surface area contributed by atoms with Gasteiger partial charge in [0.05, 0.1) is 24.5 Å². The summed E-state index contributed by atoms with van der Waals surface area (Å²) in [7, 11) is 0. The van der Waals surface area contributed by atoms with Crippen LogP contribution in [0.15, 0.2) is 54.4 Å². The molecule has 1 saturated heterocycles. The SMILES string of the molecule is O=C(NC1CCNCC1OC(=O)C(F)(F)F)C1=CN(Cc2cccc(F)c2F)c2ccccc2O1. The highest BCUT2D eigenvalue weighted by Crippen LogP contribution is 2.35. The Labute approximate surface area is 196 Å². The van der Waals surface area contributed by atoms with Crippen molar-refractivity contribution in [2.45, 2.75) is 31.3 Å². The van der Waals surface area contributed by atoms with Crippen LogP contribution in [0.5, 0.6) is 5.75 Å². The van der Waals surface area contributed by atoms with Crippen LogP contribution in [0, 0.1) is 11.6 Å². The van der Waals surface area contributed by atoms with Crippen LogP contribution in [0.2, 0.25) is 0 Å². The molecule has 0 spiro atoms. The lowest BCUT2D eigenvalue weighted by molar-refractivity contribution is -0.206. The van der Waals surface area contributed by atoms with Crippen LogP contribution >= 0.6 is 0 Å². The van der Waals surface area contributed by atoms with Gasteiger partial charge in [-0.1, -0.05) is 24.3 Å². The fourth-order valence-corrected chi connectivity index (χ4v) is 3.79. The lowest BCUT2D eigenvalue weighted by Gasteiger charge is -2.33. The van der Waals surface area contributed by atoms with E-state index in [2.05, 4.69) is 15.4 Å². The summed E-state index contributed by atoms with van der Waals surface area (Å²) in [6.07, 6.45) is -4.93. The van der Waals surface area contributed by atoms with Crippen LogP contribution in [0.3, 0.4) is 0 Å². The van der Waals surface area contributed by atoms with E-state index in [-0.39, 0.29) is 36.6 Å². The Hall–Kier alpha value is -3.67. The number of amides is 1. The third kappa shape index (κ3) is 5.53. The van der Waals surface area contributed by atoms with E-state index in [0.717, 1.165) is 6.07 Å². The smallest absolute Gasteiger partial charge is 0.452 e. The molecule has 0 saturated carbocycles. The first kappa shape index (κ1) is 24.5. The number of hydrogen-bond acceptors (Lipinski definition) is 6. The summed E-state index contributed by atoms with van der Waals surface area (Å²) in [5, 5.41) is 5.37. The maximum Gasteiger partial charge on any atom is 0.490 e. The molecule has 1 amide bonds. The van der Waals surface area contributed by atoms with Crippen molar-refractivity contribution in [3.8, 4) is 5.75 Å². The molecule has 7 nitrogen and oxygen atoms in total. The monoisotopic (exact) mass is 497 g/mol. The highest BCUT2D eigenvalue weighted by molar-refractivity contribution is 5.93. The largest absolute Gasteiger partial charge is 0.490 e. The quantitative estimate of drug-likeness (QED) is 0.488. The first-order chi connectivity index (χ1) is 16.6. The molecule has 12 heteroatoms. The number of piperidine rings is 1. The summed E-state index contributed by atoms with van der Waals surface area (Å²) >= 11 is 0. The average molecular weight is 497 g/mol. The summed E-state index contributed by atoms with van der Waals surface area (Å²) in [4.78, 5) is 25.8. The number of rotatable bonds is 5. The molecule has 2 aliphatic heterocycles. The predicted octanol–water partition coefficient (Wildman–Crippen LogP) is 3.16. The minimum atomic E-state index is -5.17. The Bertz CT molecular complexity index is 1150. The second-order valence-corrected chi connectivity index (χ2v) is 7.92. The lowest BCUT2D eigenvalue weighted by Crippen LogP contribution is -2.55. The van der Waals surface area contributed by atoms with Crippen molar-refractivity contribution < 1.29 is 41.0 Å². The van der Waals surface area contributed by atoms with E-state index in [4.69, 9.17) is 4.74 Å². The Morgan fingerprint density at radius 2 is 1.91 bits per heavy atom. The van der Waals surface area contributed by atoms with Crippen molar-refractivity contribution >= 4 is 17.6 Å². The molecule has 0 bridgehead atoms. The van der Waals surface area contributed by atoms with Gasteiger partial charge < -0.3 is 25.0 Å². The third-order valence-electron chi connectivity index (χ3n) is 5.50. The van der Waals surface area contributed by atoms with Gasteiger partial charge in [-0.25, -0.2) is 13.6 Å². The number of carbonyl (C=O) groups is 2. The van der Waals surface area contributed by atoms with E-state index < -0.39 is 41.8 Å². The number of para-hydroxylation sites is 2. The van der Waals surface area contributed by atoms with Crippen LogP contribution in [0.1, 0.15) is 12.0 Å². The van der Waals surface area contributed by atoms with Gasteiger partial charge in [-0.15, -0.1) is 0 Å². The Kier molecular flexibility index (Phi) is 6.92. The maximum atomic E-state index is 14.3. The molecule has 2 unspecified atom stereocenters. The van der Waals surface area contributed by atoms with Crippen LogP contribution < -0.4 is 20.3 Å². The summed E-state index contributed by atoms with van der Waals surface area (Å²) in [5.74, 6) is -5.13. The molecular formula is C23H20F5N3O4. The molecule has 2 aliphatic rings. The van der Waals surface area contributed by atoms with E-state index in [1.807, 2.05) is 0 Å². The molecule has 0 aromatic heterocycles. The van der Waals surface area contributed by atoms with Crippen molar-refractivity contribution in [3.05, 3.63) is 71.6 Å². The number of hydrogen-bond donors (Lipinski definition) is 2.